The summed E-state index contributed by atoms with van der Waals surface area (Å²) in [6.45, 7) is 3.81. The second-order valence-corrected chi connectivity index (χ2v) is 7.05. The van der Waals surface area contributed by atoms with Crippen molar-refractivity contribution in [1.29, 1.82) is 0 Å². The molecule has 0 fully saturated rings. The topological polar surface area (TPSA) is 73.2 Å². The van der Waals surface area contributed by atoms with Crippen LogP contribution >= 0.6 is 23.2 Å². The van der Waals surface area contributed by atoms with Crippen LogP contribution in [0.25, 0.3) is 10.9 Å². The fraction of sp³-hybridized carbons (Fsp3) is 0.211. The van der Waals surface area contributed by atoms with Gasteiger partial charge in [-0.15, -0.1) is 0 Å². The van der Waals surface area contributed by atoms with Crippen molar-refractivity contribution < 1.29 is 9.53 Å². The lowest BCUT2D eigenvalue weighted by molar-refractivity contribution is 0.130. The summed E-state index contributed by atoms with van der Waals surface area (Å²) >= 11 is 12.0. The Hall–Kier alpha value is -2.57. The van der Waals surface area contributed by atoms with E-state index in [4.69, 9.17) is 27.9 Å². The van der Waals surface area contributed by atoms with Crippen LogP contribution in [0.4, 0.5) is 10.5 Å². The molecule has 1 aromatic heterocycles. The fourth-order valence-corrected chi connectivity index (χ4v) is 2.87. The third kappa shape index (κ3) is 4.59. The first kappa shape index (κ1) is 19.2. The van der Waals surface area contributed by atoms with Gasteiger partial charge in [-0.3, -0.25) is 14.7 Å². The summed E-state index contributed by atoms with van der Waals surface area (Å²) in [6, 6.07) is 10.1. The highest BCUT2D eigenvalue weighted by Crippen LogP contribution is 2.23. The third-order valence-corrected chi connectivity index (χ3v) is 4.49. The van der Waals surface area contributed by atoms with Gasteiger partial charge in [-0.1, -0.05) is 29.3 Å². The van der Waals surface area contributed by atoms with Crippen LogP contribution in [0.15, 0.2) is 47.5 Å². The molecule has 6 nitrogen and oxygen atoms in total. The van der Waals surface area contributed by atoms with E-state index in [1.54, 1.807) is 50.2 Å². The Morgan fingerprint density at radius 1 is 1.19 bits per heavy atom. The molecule has 2 aromatic carbocycles. The van der Waals surface area contributed by atoms with Gasteiger partial charge in [0.15, 0.2) is 0 Å². The first-order chi connectivity index (χ1) is 12.8. The number of aromatic nitrogens is 2. The zero-order valence-electron chi connectivity index (χ0n) is 14.7. The zero-order chi connectivity index (χ0) is 19.6. The van der Waals surface area contributed by atoms with E-state index >= 15 is 0 Å². The molecule has 0 unspecified atom stereocenters. The molecule has 140 valence electrons. The standard InChI is InChI=1S/C19H17Cl2N3O3/c1-11(2)27-19(26)23-13-4-6-17-14(8-13)18(25)24(10-22-17)9-12-3-5-15(20)16(21)7-12/h3-8,10-11H,9H2,1-2H3,(H,23,26). The highest BCUT2D eigenvalue weighted by molar-refractivity contribution is 6.42. The molecule has 0 aliphatic carbocycles. The van der Waals surface area contributed by atoms with E-state index in [9.17, 15) is 9.59 Å². The van der Waals surface area contributed by atoms with E-state index in [-0.39, 0.29) is 11.7 Å². The lowest BCUT2D eigenvalue weighted by Gasteiger charge is -2.11. The molecule has 3 aromatic rings. The van der Waals surface area contributed by atoms with E-state index in [0.717, 1.165) is 5.56 Å². The molecule has 0 aliphatic rings. The summed E-state index contributed by atoms with van der Waals surface area (Å²) in [7, 11) is 0. The minimum absolute atomic E-state index is 0.230. The van der Waals surface area contributed by atoms with Crippen molar-refractivity contribution in [1.82, 2.24) is 9.55 Å². The van der Waals surface area contributed by atoms with Crippen LogP contribution in [-0.4, -0.2) is 21.7 Å². The minimum atomic E-state index is -0.579. The van der Waals surface area contributed by atoms with Gasteiger partial charge in [-0.05, 0) is 49.7 Å². The van der Waals surface area contributed by atoms with Crippen LogP contribution in [0, 0.1) is 0 Å². The highest BCUT2D eigenvalue weighted by Gasteiger charge is 2.10. The molecule has 3 rings (SSSR count). The largest absolute Gasteiger partial charge is 0.447 e. The predicted octanol–water partition coefficient (Wildman–Crippen LogP) is 4.71. The molecule has 8 heteroatoms. The van der Waals surface area contributed by atoms with Gasteiger partial charge in [0.05, 0.1) is 39.9 Å². The number of fused-ring (bicyclic) bond motifs is 1. The number of rotatable bonds is 4. The number of carbonyl (C=O) groups excluding carboxylic acids is 1. The van der Waals surface area contributed by atoms with Gasteiger partial charge in [0.1, 0.15) is 0 Å². The molecule has 1 heterocycles. The van der Waals surface area contributed by atoms with Crippen molar-refractivity contribution in [2.45, 2.75) is 26.5 Å². The van der Waals surface area contributed by atoms with Crippen LogP contribution in [0.2, 0.25) is 10.0 Å². The normalized spacial score (nSPS) is 11.0. The molecule has 0 spiro atoms. The Bertz CT molecular complexity index is 1060. The number of benzene rings is 2. The number of hydrogen-bond donors (Lipinski definition) is 1. The molecule has 0 radical (unpaired) electrons. The Morgan fingerprint density at radius 2 is 1.96 bits per heavy atom. The van der Waals surface area contributed by atoms with Crippen LogP contribution < -0.4 is 10.9 Å². The summed E-state index contributed by atoms with van der Waals surface area (Å²) in [4.78, 5) is 28.9. The maximum absolute atomic E-state index is 12.8. The Kier molecular flexibility index (Phi) is 5.68. The van der Waals surface area contributed by atoms with E-state index in [2.05, 4.69) is 10.3 Å². The zero-order valence-corrected chi connectivity index (χ0v) is 16.2. The van der Waals surface area contributed by atoms with E-state index in [0.29, 0.717) is 33.2 Å². The maximum atomic E-state index is 12.8. The summed E-state index contributed by atoms with van der Waals surface area (Å²) in [5.74, 6) is 0. The van der Waals surface area contributed by atoms with Crippen molar-refractivity contribution in [3.63, 3.8) is 0 Å². The second-order valence-electron chi connectivity index (χ2n) is 6.24. The van der Waals surface area contributed by atoms with Gasteiger partial charge in [0.25, 0.3) is 5.56 Å². The first-order valence-corrected chi connectivity index (χ1v) is 9.00. The van der Waals surface area contributed by atoms with Gasteiger partial charge in [0.2, 0.25) is 0 Å². The molecule has 0 bridgehead atoms. The van der Waals surface area contributed by atoms with Crippen molar-refractivity contribution in [3.05, 3.63) is 68.7 Å². The van der Waals surface area contributed by atoms with E-state index < -0.39 is 6.09 Å². The van der Waals surface area contributed by atoms with Crippen LogP contribution in [0.5, 0.6) is 0 Å². The van der Waals surface area contributed by atoms with Crippen LogP contribution in [0.1, 0.15) is 19.4 Å². The maximum Gasteiger partial charge on any atom is 0.411 e. The number of ether oxygens (including phenoxy) is 1. The molecular formula is C19H17Cl2N3O3. The van der Waals surface area contributed by atoms with Gasteiger partial charge in [-0.2, -0.15) is 0 Å². The molecule has 27 heavy (non-hydrogen) atoms. The third-order valence-electron chi connectivity index (χ3n) is 3.75. The number of hydrogen-bond acceptors (Lipinski definition) is 4. The fourth-order valence-electron chi connectivity index (χ4n) is 2.55. The number of nitrogens with zero attached hydrogens (tertiary/aromatic N) is 2. The smallest absolute Gasteiger partial charge is 0.411 e. The monoisotopic (exact) mass is 405 g/mol. The van der Waals surface area contributed by atoms with Gasteiger partial charge in [0, 0.05) is 5.69 Å². The van der Waals surface area contributed by atoms with Crippen molar-refractivity contribution in [2.75, 3.05) is 5.32 Å². The molecular weight excluding hydrogens is 389 g/mol. The number of nitrogens with one attached hydrogen (secondary N) is 1. The van der Waals surface area contributed by atoms with Crippen molar-refractivity contribution in [3.8, 4) is 0 Å². The Balaban J connectivity index is 1.91. The number of anilines is 1. The Morgan fingerprint density at radius 3 is 2.67 bits per heavy atom. The molecule has 0 saturated carbocycles. The first-order valence-electron chi connectivity index (χ1n) is 8.24. The van der Waals surface area contributed by atoms with Gasteiger partial charge < -0.3 is 4.74 Å². The molecule has 0 saturated heterocycles. The number of halogens is 2. The number of carbonyl (C=O) groups is 1. The summed E-state index contributed by atoms with van der Waals surface area (Å²) in [5, 5.41) is 3.87. The van der Waals surface area contributed by atoms with Crippen molar-refractivity contribution in [2.24, 2.45) is 0 Å². The number of amides is 1. The summed E-state index contributed by atoms with van der Waals surface area (Å²) in [6.07, 6.45) is 0.660. The molecule has 1 N–H and O–H groups in total. The molecule has 1 amide bonds. The highest BCUT2D eigenvalue weighted by atomic mass is 35.5. The second kappa shape index (κ2) is 7.98. The van der Waals surface area contributed by atoms with E-state index in [1.165, 1.54) is 10.9 Å². The summed E-state index contributed by atoms with van der Waals surface area (Å²) in [5.41, 5.74) is 1.59. The Labute approximate surface area is 165 Å². The average molecular weight is 406 g/mol. The molecule has 0 aliphatic heterocycles. The average Bonchev–Trinajstić information content (AvgIpc) is 2.60. The van der Waals surface area contributed by atoms with Crippen LogP contribution in [-0.2, 0) is 11.3 Å². The quantitative estimate of drug-likeness (QED) is 0.681. The minimum Gasteiger partial charge on any atom is -0.447 e. The van der Waals surface area contributed by atoms with E-state index in [1.807, 2.05) is 0 Å². The van der Waals surface area contributed by atoms with Crippen molar-refractivity contribution >= 4 is 45.9 Å². The van der Waals surface area contributed by atoms with Gasteiger partial charge in [-0.25, -0.2) is 9.78 Å². The molecule has 0 atom stereocenters. The predicted molar refractivity (Wildman–Crippen MR) is 107 cm³/mol. The lowest BCUT2D eigenvalue weighted by Crippen LogP contribution is -2.22. The lowest BCUT2D eigenvalue weighted by atomic mass is 10.2. The van der Waals surface area contributed by atoms with Crippen LogP contribution in [0.3, 0.4) is 0 Å². The van der Waals surface area contributed by atoms with Gasteiger partial charge >= 0.3 is 6.09 Å². The summed E-state index contributed by atoms with van der Waals surface area (Å²) < 4.78 is 6.52. The SMILES string of the molecule is CC(C)OC(=O)Nc1ccc2ncn(Cc3ccc(Cl)c(Cl)c3)c(=O)c2c1.